The van der Waals surface area contributed by atoms with Gasteiger partial charge < -0.3 is 25.3 Å². The van der Waals surface area contributed by atoms with Crippen LogP contribution in [0.5, 0.6) is 6.01 Å². The Bertz CT molecular complexity index is 1260. The number of nitrogens with one attached hydrogen (secondary N) is 2. The summed E-state index contributed by atoms with van der Waals surface area (Å²) in [6.45, 7) is 13.0. The fraction of sp³-hybridized carbons (Fsp3) is 0.522. The Balaban J connectivity index is 1.19. The first kappa shape index (κ1) is 23.3. The van der Waals surface area contributed by atoms with Crippen LogP contribution in [0.2, 0.25) is 0 Å². The van der Waals surface area contributed by atoms with E-state index in [1.54, 1.807) is 6.20 Å². The van der Waals surface area contributed by atoms with E-state index < -0.39 is 5.54 Å². The molecule has 4 heterocycles. The number of aromatic amines is 1. The van der Waals surface area contributed by atoms with Gasteiger partial charge in [-0.1, -0.05) is 0 Å². The lowest BCUT2D eigenvalue weighted by atomic mass is 10.0. The molecule has 2 amide bonds. The molecule has 2 aliphatic rings. The average molecular weight is 496 g/mol. The van der Waals surface area contributed by atoms with Gasteiger partial charge in [-0.15, -0.1) is 4.37 Å². The van der Waals surface area contributed by atoms with Crippen molar-refractivity contribution in [2.24, 2.45) is 17.6 Å². The number of H-pyrrole nitrogens is 1. The number of aromatic nitrogens is 4. The van der Waals surface area contributed by atoms with Crippen molar-refractivity contribution in [3.8, 4) is 6.01 Å². The molecular formula is C23H29N9O2S. The highest BCUT2D eigenvalue weighted by Gasteiger charge is 2.44. The highest BCUT2D eigenvalue weighted by atomic mass is 32.1. The van der Waals surface area contributed by atoms with Crippen molar-refractivity contribution in [1.82, 2.24) is 24.2 Å². The van der Waals surface area contributed by atoms with E-state index in [4.69, 9.17) is 17.0 Å². The van der Waals surface area contributed by atoms with E-state index >= 15 is 0 Å². The summed E-state index contributed by atoms with van der Waals surface area (Å²) >= 11 is 1.09. The number of urea groups is 1. The van der Waals surface area contributed by atoms with Crippen molar-refractivity contribution in [2.45, 2.75) is 38.3 Å². The number of fused-ring (bicyclic) bond motifs is 2. The molecule has 11 nitrogen and oxygen atoms in total. The molecule has 0 bridgehead atoms. The van der Waals surface area contributed by atoms with E-state index in [1.165, 1.54) is 0 Å². The fourth-order valence-electron chi connectivity index (χ4n) is 5.11. The topological polar surface area (TPSA) is 130 Å². The van der Waals surface area contributed by atoms with Crippen molar-refractivity contribution < 1.29 is 9.53 Å². The molecule has 4 N–H and O–H groups in total. The van der Waals surface area contributed by atoms with Crippen LogP contribution in [-0.4, -0.2) is 68.6 Å². The third-order valence-corrected chi connectivity index (χ3v) is 7.38. The van der Waals surface area contributed by atoms with Gasteiger partial charge in [0.1, 0.15) is 12.3 Å². The second-order valence-electron chi connectivity index (χ2n) is 10.1. The van der Waals surface area contributed by atoms with Crippen LogP contribution in [0.15, 0.2) is 18.5 Å². The average Bonchev–Trinajstić information content (AvgIpc) is 3.59. The van der Waals surface area contributed by atoms with Crippen LogP contribution < -0.4 is 20.7 Å². The van der Waals surface area contributed by atoms with Crippen molar-refractivity contribution in [3.63, 3.8) is 0 Å². The number of amides is 2. The number of anilines is 2. The molecule has 1 saturated carbocycles. The molecule has 3 aromatic heterocycles. The van der Waals surface area contributed by atoms with Gasteiger partial charge in [-0.3, -0.25) is 10.3 Å². The molecule has 0 aromatic carbocycles. The Morgan fingerprint density at radius 2 is 2.17 bits per heavy atom. The molecule has 0 radical (unpaired) electrons. The second-order valence-corrected chi connectivity index (χ2v) is 10.8. The number of hydrogen-bond donors (Lipinski definition) is 3. The fourth-order valence-corrected chi connectivity index (χ4v) is 5.62. The first-order valence-corrected chi connectivity index (χ1v) is 12.4. The third-order valence-electron chi connectivity index (χ3n) is 6.77. The van der Waals surface area contributed by atoms with Gasteiger partial charge in [-0.25, -0.2) is 9.64 Å². The molecular weight excluding hydrogens is 466 g/mol. The van der Waals surface area contributed by atoms with E-state index in [9.17, 15) is 4.79 Å². The summed E-state index contributed by atoms with van der Waals surface area (Å²) in [5, 5.41) is 4.23. The lowest BCUT2D eigenvalue weighted by Gasteiger charge is -2.30. The van der Waals surface area contributed by atoms with Crippen molar-refractivity contribution in [3.05, 3.63) is 29.9 Å². The molecule has 35 heavy (non-hydrogen) atoms. The first-order valence-electron chi connectivity index (χ1n) is 11.6. The minimum absolute atomic E-state index is 0.162. The van der Waals surface area contributed by atoms with Crippen LogP contribution in [0.3, 0.4) is 0 Å². The number of hydrogen-bond acceptors (Lipinski definition) is 8. The SMILES string of the molecule is [C-]#[N+]c1cnc2[nH]ccc2c1N(C)C1C[C@@H]2CN(C(=O)Nc3nc(OCC(C)(C)N)ns3)C[C@@H]2C1. The molecule has 1 unspecified atom stereocenters. The van der Waals surface area contributed by atoms with Crippen molar-refractivity contribution in [1.29, 1.82) is 0 Å². The minimum atomic E-state index is -0.490. The number of ether oxygens (including phenoxy) is 1. The molecule has 1 aliphatic heterocycles. The van der Waals surface area contributed by atoms with Gasteiger partial charge in [0.15, 0.2) is 0 Å². The Hall–Kier alpha value is -3.43. The van der Waals surface area contributed by atoms with Crippen molar-refractivity contribution >= 4 is 45.1 Å². The van der Waals surface area contributed by atoms with Gasteiger partial charge in [-0.2, -0.15) is 4.98 Å². The molecule has 3 aromatic rings. The summed E-state index contributed by atoms with van der Waals surface area (Å²) in [7, 11) is 2.06. The summed E-state index contributed by atoms with van der Waals surface area (Å²) in [6.07, 6.45) is 5.44. The Morgan fingerprint density at radius 3 is 2.86 bits per heavy atom. The number of rotatable bonds is 6. The molecule has 12 heteroatoms. The summed E-state index contributed by atoms with van der Waals surface area (Å²) in [6, 6.07) is 2.35. The Labute approximate surface area is 207 Å². The predicted octanol–water partition coefficient (Wildman–Crippen LogP) is 3.46. The van der Waals surface area contributed by atoms with Crippen LogP contribution >= 0.6 is 11.5 Å². The highest BCUT2D eigenvalue weighted by Crippen LogP contribution is 2.44. The van der Waals surface area contributed by atoms with Gasteiger partial charge >= 0.3 is 12.0 Å². The molecule has 3 atom stereocenters. The standard InChI is InChI=1S/C23H29N9O2S/c1-23(2,24)12-34-20-28-21(35-30-20)29-22(33)32-10-13-7-15(8-14(13)11-32)31(4)18-16-5-6-26-19(16)27-9-17(18)25-3/h5-6,9,13-15H,7-8,10-12,24H2,1-2,4H3,(H,26,27)(H,28,29,30,33)/t13-,14+,15?. The molecule has 1 aliphatic carbocycles. The number of nitrogens with zero attached hydrogens (tertiary/aromatic N) is 6. The number of likely N-dealkylation sites (tertiary alicyclic amines) is 1. The maximum atomic E-state index is 12.8. The van der Waals surface area contributed by atoms with Gasteiger partial charge in [0.25, 0.3) is 0 Å². The van der Waals surface area contributed by atoms with Gasteiger partial charge in [0.05, 0.1) is 12.3 Å². The Kier molecular flexibility index (Phi) is 5.98. The normalized spacial score (nSPS) is 21.7. The molecule has 2 fully saturated rings. The second kappa shape index (κ2) is 8.98. The zero-order valence-corrected chi connectivity index (χ0v) is 20.8. The lowest BCUT2D eigenvalue weighted by molar-refractivity contribution is 0.218. The highest BCUT2D eigenvalue weighted by molar-refractivity contribution is 7.10. The van der Waals surface area contributed by atoms with E-state index in [0.29, 0.717) is 41.8 Å². The first-order chi connectivity index (χ1) is 16.7. The molecule has 5 rings (SSSR count). The smallest absolute Gasteiger partial charge is 0.330 e. The van der Waals surface area contributed by atoms with Gasteiger partial charge in [0, 0.05) is 61.0 Å². The van der Waals surface area contributed by atoms with Crippen molar-refractivity contribution in [2.75, 3.05) is 37.0 Å². The molecule has 0 spiro atoms. The predicted molar refractivity (Wildman–Crippen MR) is 135 cm³/mol. The zero-order valence-electron chi connectivity index (χ0n) is 20.0. The monoisotopic (exact) mass is 495 g/mol. The van der Waals surface area contributed by atoms with Crippen LogP contribution in [0.25, 0.3) is 15.9 Å². The van der Waals surface area contributed by atoms with Crippen LogP contribution in [-0.2, 0) is 0 Å². The van der Waals surface area contributed by atoms with Crippen LogP contribution in [0.4, 0.5) is 21.3 Å². The van der Waals surface area contributed by atoms with E-state index in [2.05, 4.69) is 41.4 Å². The minimum Gasteiger partial charge on any atom is -0.461 e. The quantitative estimate of drug-likeness (QED) is 0.447. The van der Waals surface area contributed by atoms with Crippen LogP contribution in [0.1, 0.15) is 26.7 Å². The van der Waals surface area contributed by atoms with Gasteiger partial charge in [0.2, 0.25) is 10.8 Å². The maximum absolute atomic E-state index is 12.8. The summed E-state index contributed by atoms with van der Waals surface area (Å²) < 4.78 is 9.63. The van der Waals surface area contributed by atoms with E-state index in [-0.39, 0.29) is 18.6 Å². The Morgan fingerprint density at radius 1 is 1.43 bits per heavy atom. The molecule has 1 saturated heterocycles. The number of pyridine rings is 1. The lowest BCUT2D eigenvalue weighted by Crippen LogP contribution is -2.38. The maximum Gasteiger partial charge on any atom is 0.330 e. The number of carbonyl (C=O) groups is 1. The third kappa shape index (κ3) is 4.74. The summed E-state index contributed by atoms with van der Waals surface area (Å²) in [4.78, 5) is 32.4. The summed E-state index contributed by atoms with van der Waals surface area (Å²) in [5.74, 6) is 0.849. The number of carbonyl (C=O) groups excluding carboxylic acids is 1. The number of nitrogens with two attached hydrogens (primary N) is 1. The molecule has 184 valence electrons. The van der Waals surface area contributed by atoms with Gasteiger partial charge in [-0.05, 0) is 44.6 Å². The zero-order chi connectivity index (χ0) is 24.7. The van der Waals surface area contributed by atoms with E-state index in [1.807, 2.05) is 31.0 Å². The largest absolute Gasteiger partial charge is 0.461 e. The summed E-state index contributed by atoms with van der Waals surface area (Å²) in [5.41, 5.74) is 7.71. The van der Waals surface area contributed by atoms with Crippen LogP contribution in [0, 0.1) is 18.4 Å². The van der Waals surface area contributed by atoms with E-state index in [0.717, 1.165) is 41.1 Å².